The fraction of sp³-hybridized carbons (Fsp3) is 0. The minimum atomic E-state index is 0. The SMILES string of the molecule is C=C(c1ccccc1)c1ccccc1.[SiH4]. The standard InChI is InChI=1S/C14H12.H4Si/c1-12(13-8-4-2-5-9-13)14-10-6-3-7-11-14;/h2-11H,1H2;1H4. The Balaban J connectivity index is 0.00000112. The molecule has 2 aromatic rings. The Bertz CT molecular complexity index is 376. The molecule has 0 heterocycles. The van der Waals surface area contributed by atoms with Crippen LogP contribution in [0.15, 0.2) is 67.2 Å². The molecule has 0 aromatic heterocycles. The Kier molecular flexibility index (Phi) is 4.07. The fourth-order valence-electron chi connectivity index (χ4n) is 1.45. The van der Waals surface area contributed by atoms with Crippen LogP contribution >= 0.6 is 0 Å². The zero-order valence-corrected chi connectivity index (χ0v) is 7.98. The lowest BCUT2D eigenvalue weighted by Gasteiger charge is -2.04. The molecule has 0 fully saturated rings. The summed E-state index contributed by atoms with van der Waals surface area (Å²) < 4.78 is 0. The molecule has 0 nitrogen and oxygen atoms in total. The zero-order valence-electron chi connectivity index (χ0n) is 7.98. The maximum Gasteiger partial charge on any atom is -0.0149 e. The highest BCUT2D eigenvalue weighted by Gasteiger charge is 1.99. The highest BCUT2D eigenvalue weighted by molar-refractivity contribution is 5.77. The van der Waals surface area contributed by atoms with Crippen LogP contribution in [0.25, 0.3) is 5.57 Å². The van der Waals surface area contributed by atoms with Crippen LogP contribution in [0.2, 0.25) is 0 Å². The van der Waals surface area contributed by atoms with Crippen molar-refractivity contribution in [3.8, 4) is 0 Å². The summed E-state index contributed by atoms with van der Waals surface area (Å²) in [5, 5.41) is 0. The molecule has 1 heteroatoms. The normalized spacial score (nSPS) is 9.07. The van der Waals surface area contributed by atoms with Crippen LogP contribution in [0.3, 0.4) is 0 Å². The molecule has 0 saturated carbocycles. The van der Waals surface area contributed by atoms with E-state index >= 15 is 0 Å². The maximum absolute atomic E-state index is 4.10. The molecule has 2 rings (SSSR count). The van der Waals surface area contributed by atoms with Crippen molar-refractivity contribution < 1.29 is 0 Å². The van der Waals surface area contributed by atoms with E-state index in [0.29, 0.717) is 0 Å². The molecule has 15 heavy (non-hydrogen) atoms. The van der Waals surface area contributed by atoms with Gasteiger partial charge in [0, 0.05) is 0 Å². The first-order valence-electron chi connectivity index (χ1n) is 4.67. The molecule has 0 spiro atoms. The molecule has 0 radical (unpaired) electrons. The Morgan fingerprint density at radius 2 is 1.00 bits per heavy atom. The highest BCUT2D eigenvalue weighted by Crippen LogP contribution is 2.20. The zero-order chi connectivity index (χ0) is 9.80. The minimum Gasteiger partial charge on any atom is -0.0906 e. The molecule has 0 bridgehead atoms. The third-order valence-electron chi connectivity index (χ3n) is 2.24. The summed E-state index contributed by atoms with van der Waals surface area (Å²) in [7, 11) is 0. The first kappa shape index (κ1) is 11.5. The second-order valence-electron chi connectivity index (χ2n) is 3.21. The molecule has 0 atom stereocenters. The highest BCUT2D eigenvalue weighted by atomic mass is 28.1. The molecule has 0 aliphatic carbocycles. The van der Waals surface area contributed by atoms with Crippen LogP contribution < -0.4 is 0 Å². The van der Waals surface area contributed by atoms with Crippen LogP contribution in [-0.2, 0) is 0 Å². The molecular weight excluding hydrogens is 196 g/mol. The van der Waals surface area contributed by atoms with Gasteiger partial charge in [-0.05, 0) is 27.7 Å². The van der Waals surface area contributed by atoms with Crippen LogP contribution in [0.5, 0.6) is 0 Å². The topological polar surface area (TPSA) is 0 Å². The summed E-state index contributed by atoms with van der Waals surface area (Å²) in [5.41, 5.74) is 3.43. The van der Waals surface area contributed by atoms with Gasteiger partial charge in [-0.25, -0.2) is 0 Å². The predicted octanol–water partition coefficient (Wildman–Crippen LogP) is 2.30. The summed E-state index contributed by atoms with van der Waals surface area (Å²) in [6, 6.07) is 20.5. The average molecular weight is 212 g/mol. The van der Waals surface area contributed by atoms with Crippen molar-refractivity contribution in [2.24, 2.45) is 0 Å². The van der Waals surface area contributed by atoms with Gasteiger partial charge in [0.1, 0.15) is 0 Å². The van der Waals surface area contributed by atoms with Gasteiger partial charge >= 0.3 is 0 Å². The molecular formula is C14H16Si. The van der Waals surface area contributed by atoms with E-state index in [2.05, 4.69) is 30.8 Å². The van der Waals surface area contributed by atoms with Gasteiger partial charge in [0.2, 0.25) is 0 Å². The van der Waals surface area contributed by atoms with Crippen molar-refractivity contribution in [1.29, 1.82) is 0 Å². The van der Waals surface area contributed by atoms with Gasteiger partial charge in [-0.15, -0.1) is 0 Å². The van der Waals surface area contributed by atoms with Gasteiger partial charge in [0.05, 0.1) is 0 Å². The fourth-order valence-corrected chi connectivity index (χ4v) is 1.45. The number of hydrogen-bond donors (Lipinski definition) is 0. The van der Waals surface area contributed by atoms with Gasteiger partial charge in [0.25, 0.3) is 0 Å². The van der Waals surface area contributed by atoms with Crippen molar-refractivity contribution in [2.45, 2.75) is 0 Å². The van der Waals surface area contributed by atoms with E-state index in [9.17, 15) is 0 Å². The molecule has 0 unspecified atom stereocenters. The molecule has 2 aromatic carbocycles. The number of rotatable bonds is 2. The van der Waals surface area contributed by atoms with Gasteiger partial charge < -0.3 is 0 Å². The van der Waals surface area contributed by atoms with Crippen LogP contribution in [0.1, 0.15) is 11.1 Å². The van der Waals surface area contributed by atoms with Crippen molar-refractivity contribution in [2.75, 3.05) is 0 Å². The van der Waals surface area contributed by atoms with E-state index in [0.717, 1.165) is 5.57 Å². The van der Waals surface area contributed by atoms with Gasteiger partial charge in [-0.1, -0.05) is 67.2 Å². The minimum absolute atomic E-state index is 0. The monoisotopic (exact) mass is 212 g/mol. The van der Waals surface area contributed by atoms with Crippen molar-refractivity contribution in [3.05, 3.63) is 78.4 Å². The predicted molar refractivity (Wildman–Crippen MR) is 72.4 cm³/mol. The third-order valence-corrected chi connectivity index (χ3v) is 2.24. The quantitative estimate of drug-likeness (QED) is 0.670. The Morgan fingerprint density at radius 3 is 1.33 bits per heavy atom. The second kappa shape index (κ2) is 5.32. The second-order valence-corrected chi connectivity index (χ2v) is 3.21. The van der Waals surface area contributed by atoms with E-state index in [1.165, 1.54) is 11.1 Å². The lowest BCUT2D eigenvalue weighted by atomic mass is 10.0. The van der Waals surface area contributed by atoms with Gasteiger partial charge in [0.15, 0.2) is 0 Å². The molecule has 0 amide bonds. The van der Waals surface area contributed by atoms with Crippen molar-refractivity contribution in [1.82, 2.24) is 0 Å². The first-order chi connectivity index (χ1) is 6.88. The van der Waals surface area contributed by atoms with Gasteiger partial charge in [-0.2, -0.15) is 0 Å². The molecule has 76 valence electrons. The van der Waals surface area contributed by atoms with E-state index in [1.807, 2.05) is 36.4 Å². The Hall–Kier alpha value is -1.60. The lowest BCUT2D eigenvalue weighted by Crippen LogP contribution is -1.84. The summed E-state index contributed by atoms with van der Waals surface area (Å²) in [6.45, 7) is 4.10. The van der Waals surface area contributed by atoms with Crippen LogP contribution in [-0.4, -0.2) is 11.0 Å². The number of benzene rings is 2. The average Bonchev–Trinajstić information content (AvgIpc) is 2.30. The summed E-state index contributed by atoms with van der Waals surface area (Å²) >= 11 is 0. The van der Waals surface area contributed by atoms with Crippen molar-refractivity contribution in [3.63, 3.8) is 0 Å². The maximum atomic E-state index is 4.10. The number of hydrogen-bond acceptors (Lipinski definition) is 0. The van der Waals surface area contributed by atoms with E-state index < -0.39 is 0 Å². The Labute approximate surface area is 95.3 Å². The summed E-state index contributed by atoms with van der Waals surface area (Å²) in [5.74, 6) is 0. The first-order valence-corrected chi connectivity index (χ1v) is 4.67. The van der Waals surface area contributed by atoms with Gasteiger partial charge in [-0.3, -0.25) is 0 Å². The lowest BCUT2D eigenvalue weighted by molar-refractivity contribution is 1.56. The summed E-state index contributed by atoms with van der Waals surface area (Å²) in [4.78, 5) is 0. The van der Waals surface area contributed by atoms with E-state index in [1.54, 1.807) is 0 Å². The largest absolute Gasteiger partial charge is 0.0906 e. The van der Waals surface area contributed by atoms with Crippen molar-refractivity contribution >= 4 is 16.5 Å². The molecule has 0 aliphatic heterocycles. The molecule has 0 saturated heterocycles. The third kappa shape index (κ3) is 2.67. The van der Waals surface area contributed by atoms with Crippen LogP contribution in [0.4, 0.5) is 0 Å². The van der Waals surface area contributed by atoms with Crippen LogP contribution in [0, 0.1) is 0 Å². The smallest absolute Gasteiger partial charge is 0.0149 e. The summed E-state index contributed by atoms with van der Waals surface area (Å²) in [6.07, 6.45) is 0. The molecule has 0 aliphatic rings. The Morgan fingerprint density at radius 1 is 0.667 bits per heavy atom. The van der Waals surface area contributed by atoms with E-state index in [-0.39, 0.29) is 11.0 Å². The molecule has 0 N–H and O–H groups in total. The van der Waals surface area contributed by atoms with E-state index in [4.69, 9.17) is 0 Å².